The number of hydrogen-bond acceptors (Lipinski definition) is 5. The average molecular weight is 190 g/mol. The molecule has 13 heavy (non-hydrogen) atoms. The van der Waals surface area contributed by atoms with E-state index in [-0.39, 0.29) is 0 Å². The first kappa shape index (κ1) is 10.6. The monoisotopic (exact) mass is 190 g/mol. The molecule has 5 nitrogen and oxygen atoms in total. The second-order valence-electron chi connectivity index (χ2n) is 3.12. The second-order valence-corrected chi connectivity index (χ2v) is 3.12. The summed E-state index contributed by atoms with van der Waals surface area (Å²) in [6, 6.07) is 0. The zero-order valence-electron chi connectivity index (χ0n) is 7.13. The number of rotatable bonds is 3. The van der Waals surface area contributed by atoms with Gasteiger partial charge in [-0.2, -0.15) is 0 Å². The minimum atomic E-state index is -2.05. The van der Waals surface area contributed by atoms with Gasteiger partial charge in [-0.25, -0.2) is 0 Å². The van der Waals surface area contributed by atoms with E-state index in [1.165, 1.54) is 6.08 Å². The quantitative estimate of drug-likeness (QED) is 0.401. The van der Waals surface area contributed by atoms with Gasteiger partial charge in [0.25, 0.3) is 0 Å². The molecule has 0 unspecified atom stereocenters. The minimum absolute atomic E-state index is 0.306. The summed E-state index contributed by atoms with van der Waals surface area (Å²) >= 11 is 0. The van der Waals surface area contributed by atoms with Crippen LogP contribution in [0.3, 0.4) is 0 Å². The Labute approximate surface area is 75.9 Å². The van der Waals surface area contributed by atoms with Crippen molar-refractivity contribution in [1.29, 1.82) is 0 Å². The normalized spacial score (nSPS) is 45.1. The molecule has 0 amide bonds. The van der Waals surface area contributed by atoms with Gasteiger partial charge in [0.2, 0.25) is 5.79 Å². The van der Waals surface area contributed by atoms with Crippen LogP contribution in [0.25, 0.3) is 0 Å². The predicted molar refractivity (Wildman–Crippen MR) is 43.7 cm³/mol. The molecule has 0 aromatic carbocycles. The SMILES string of the molecule is C=CC[C@H]1O[C@](O)(CO)[C@@H](O)[C@@H]1O. The molecule has 1 fully saturated rings. The fraction of sp³-hybridized carbons (Fsp3) is 0.750. The summed E-state index contributed by atoms with van der Waals surface area (Å²) in [5, 5.41) is 36.8. The van der Waals surface area contributed by atoms with E-state index in [4.69, 9.17) is 9.84 Å². The summed E-state index contributed by atoms with van der Waals surface area (Å²) in [6.45, 7) is 2.69. The topological polar surface area (TPSA) is 90.2 Å². The predicted octanol–water partition coefficient (Wildman–Crippen LogP) is -1.64. The summed E-state index contributed by atoms with van der Waals surface area (Å²) in [6.07, 6.45) is -1.59. The molecule has 0 aromatic rings. The average Bonchev–Trinajstić information content (AvgIpc) is 2.33. The van der Waals surface area contributed by atoms with Crippen molar-refractivity contribution in [3.63, 3.8) is 0 Å². The highest BCUT2D eigenvalue weighted by atomic mass is 16.7. The van der Waals surface area contributed by atoms with Crippen LogP contribution in [-0.4, -0.2) is 51.1 Å². The maximum atomic E-state index is 9.42. The van der Waals surface area contributed by atoms with Gasteiger partial charge in [-0.05, 0) is 6.42 Å². The standard InChI is InChI=1S/C8H14O5/c1-2-3-5-6(10)7(11)8(12,4-9)13-5/h2,5-7,9-12H,1,3-4H2/t5-,6-,7+,8-/m1/s1. The first-order chi connectivity index (χ1) is 6.05. The Morgan fingerprint density at radius 1 is 1.46 bits per heavy atom. The van der Waals surface area contributed by atoms with Gasteiger partial charge in [0, 0.05) is 0 Å². The van der Waals surface area contributed by atoms with Crippen LogP contribution in [0.4, 0.5) is 0 Å². The summed E-state index contributed by atoms with van der Waals surface area (Å²) in [4.78, 5) is 0. The number of hydrogen-bond donors (Lipinski definition) is 4. The van der Waals surface area contributed by atoms with E-state index in [1.54, 1.807) is 0 Å². The summed E-state index contributed by atoms with van der Waals surface area (Å²) in [7, 11) is 0. The smallest absolute Gasteiger partial charge is 0.219 e. The van der Waals surface area contributed by atoms with Gasteiger partial charge < -0.3 is 25.2 Å². The Balaban J connectivity index is 2.71. The molecule has 0 saturated carbocycles. The van der Waals surface area contributed by atoms with Crippen LogP contribution in [0.1, 0.15) is 6.42 Å². The van der Waals surface area contributed by atoms with Gasteiger partial charge in [-0.3, -0.25) is 0 Å². The van der Waals surface area contributed by atoms with Gasteiger partial charge in [0.15, 0.2) is 0 Å². The molecule has 1 saturated heterocycles. The molecule has 5 heteroatoms. The van der Waals surface area contributed by atoms with Crippen LogP contribution in [0.5, 0.6) is 0 Å². The Hall–Kier alpha value is -0.460. The number of aliphatic hydroxyl groups is 4. The van der Waals surface area contributed by atoms with Crippen LogP contribution in [0, 0.1) is 0 Å². The fourth-order valence-electron chi connectivity index (χ4n) is 1.35. The van der Waals surface area contributed by atoms with Crippen molar-refractivity contribution in [3.05, 3.63) is 12.7 Å². The van der Waals surface area contributed by atoms with Gasteiger partial charge in [0.1, 0.15) is 12.2 Å². The second kappa shape index (κ2) is 3.73. The van der Waals surface area contributed by atoms with E-state index < -0.39 is 30.7 Å². The lowest BCUT2D eigenvalue weighted by atomic mass is 10.0. The van der Waals surface area contributed by atoms with Crippen LogP contribution in [0.15, 0.2) is 12.7 Å². The molecule has 1 rings (SSSR count). The number of aliphatic hydroxyl groups excluding tert-OH is 3. The van der Waals surface area contributed by atoms with Crippen molar-refractivity contribution in [2.75, 3.05) is 6.61 Å². The molecule has 0 aliphatic carbocycles. The Kier molecular flexibility index (Phi) is 3.05. The van der Waals surface area contributed by atoms with E-state index in [9.17, 15) is 15.3 Å². The first-order valence-electron chi connectivity index (χ1n) is 4.03. The van der Waals surface area contributed by atoms with E-state index in [2.05, 4.69) is 6.58 Å². The molecule has 1 heterocycles. The lowest BCUT2D eigenvalue weighted by molar-refractivity contribution is -0.245. The Morgan fingerprint density at radius 2 is 2.08 bits per heavy atom. The molecule has 0 radical (unpaired) electrons. The third-order valence-electron chi connectivity index (χ3n) is 2.15. The van der Waals surface area contributed by atoms with Crippen molar-refractivity contribution in [1.82, 2.24) is 0 Å². The van der Waals surface area contributed by atoms with E-state index in [0.717, 1.165) is 0 Å². The van der Waals surface area contributed by atoms with Crippen molar-refractivity contribution in [2.45, 2.75) is 30.5 Å². The highest BCUT2D eigenvalue weighted by Crippen LogP contribution is 2.30. The summed E-state index contributed by atoms with van der Waals surface area (Å²) in [5.41, 5.74) is 0. The van der Waals surface area contributed by atoms with Crippen LogP contribution in [-0.2, 0) is 4.74 Å². The zero-order valence-corrected chi connectivity index (χ0v) is 7.13. The molecular weight excluding hydrogens is 176 g/mol. The van der Waals surface area contributed by atoms with E-state index in [0.29, 0.717) is 6.42 Å². The highest BCUT2D eigenvalue weighted by molar-refractivity contribution is 4.97. The molecule has 0 bridgehead atoms. The van der Waals surface area contributed by atoms with Crippen molar-refractivity contribution < 1.29 is 25.2 Å². The third-order valence-corrected chi connectivity index (χ3v) is 2.15. The minimum Gasteiger partial charge on any atom is -0.391 e. The summed E-state index contributed by atoms with van der Waals surface area (Å²) in [5.74, 6) is -2.05. The summed E-state index contributed by atoms with van der Waals surface area (Å²) < 4.78 is 4.90. The third kappa shape index (κ3) is 1.74. The van der Waals surface area contributed by atoms with Crippen molar-refractivity contribution in [3.8, 4) is 0 Å². The molecule has 4 atom stereocenters. The zero-order chi connectivity index (χ0) is 10.1. The van der Waals surface area contributed by atoms with Crippen molar-refractivity contribution in [2.24, 2.45) is 0 Å². The molecule has 0 spiro atoms. The van der Waals surface area contributed by atoms with Crippen LogP contribution in [0.2, 0.25) is 0 Å². The largest absolute Gasteiger partial charge is 0.391 e. The fourth-order valence-corrected chi connectivity index (χ4v) is 1.35. The maximum Gasteiger partial charge on any atom is 0.219 e. The number of ether oxygens (including phenoxy) is 1. The molecule has 1 aliphatic rings. The first-order valence-corrected chi connectivity index (χ1v) is 4.03. The van der Waals surface area contributed by atoms with Crippen LogP contribution >= 0.6 is 0 Å². The Morgan fingerprint density at radius 3 is 2.46 bits per heavy atom. The molecule has 76 valence electrons. The van der Waals surface area contributed by atoms with Gasteiger partial charge in [0.05, 0.1) is 12.7 Å². The molecular formula is C8H14O5. The lowest BCUT2D eigenvalue weighted by Gasteiger charge is -2.22. The van der Waals surface area contributed by atoms with Crippen LogP contribution < -0.4 is 0 Å². The van der Waals surface area contributed by atoms with E-state index in [1.807, 2.05) is 0 Å². The lowest BCUT2D eigenvalue weighted by Crippen LogP contribution is -2.46. The van der Waals surface area contributed by atoms with Crippen molar-refractivity contribution >= 4 is 0 Å². The van der Waals surface area contributed by atoms with Gasteiger partial charge in [-0.1, -0.05) is 6.08 Å². The molecule has 0 aromatic heterocycles. The van der Waals surface area contributed by atoms with Gasteiger partial charge in [-0.15, -0.1) is 6.58 Å². The maximum absolute atomic E-state index is 9.42. The van der Waals surface area contributed by atoms with E-state index >= 15 is 0 Å². The highest BCUT2D eigenvalue weighted by Gasteiger charge is 2.52. The molecule has 4 N–H and O–H groups in total. The van der Waals surface area contributed by atoms with Gasteiger partial charge >= 0.3 is 0 Å². The molecule has 1 aliphatic heterocycles. The Bertz CT molecular complexity index is 195.